The van der Waals surface area contributed by atoms with Crippen LogP contribution in [0.15, 0.2) is 24.3 Å². The molecule has 1 spiro atoms. The summed E-state index contributed by atoms with van der Waals surface area (Å²) in [6, 6.07) is 5.70. The van der Waals surface area contributed by atoms with Gasteiger partial charge in [0.05, 0.1) is 0 Å². The van der Waals surface area contributed by atoms with Gasteiger partial charge < -0.3 is 20.6 Å². The first-order chi connectivity index (χ1) is 11.5. The molecular formula is C17H22FN3O3. The first-order valence-electron chi connectivity index (χ1n) is 8.21. The minimum Gasteiger partial charge on any atom is -0.480 e. The van der Waals surface area contributed by atoms with E-state index < -0.39 is 12.0 Å². The molecule has 0 aromatic heterocycles. The topological polar surface area (TPSA) is 81.7 Å². The van der Waals surface area contributed by atoms with E-state index in [-0.39, 0.29) is 23.8 Å². The van der Waals surface area contributed by atoms with Gasteiger partial charge in [0.25, 0.3) is 0 Å². The number of likely N-dealkylation sites (tertiary alicyclic amines) is 1. The molecule has 2 saturated heterocycles. The maximum Gasteiger partial charge on any atom is 0.320 e. The van der Waals surface area contributed by atoms with Crippen molar-refractivity contribution in [3.63, 3.8) is 0 Å². The summed E-state index contributed by atoms with van der Waals surface area (Å²) in [4.78, 5) is 25.0. The van der Waals surface area contributed by atoms with Gasteiger partial charge in [-0.05, 0) is 30.7 Å². The van der Waals surface area contributed by atoms with Gasteiger partial charge in [-0.3, -0.25) is 4.79 Å². The van der Waals surface area contributed by atoms with Gasteiger partial charge in [-0.15, -0.1) is 0 Å². The predicted molar refractivity (Wildman–Crippen MR) is 85.9 cm³/mol. The Morgan fingerprint density at radius 3 is 2.67 bits per heavy atom. The van der Waals surface area contributed by atoms with Gasteiger partial charge in [0.2, 0.25) is 0 Å². The number of carbonyl (C=O) groups is 2. The molecule has 1 atom stereocenters. The number of halogens is 1. The number of carbonyl (C=O) groups excluding carboxylic acids is 1. The highest BCUT2D eigenvalue weighted by atomic mass is 19.1. The minimum absolute atomic E-state index is 0.0224. The van der Waals surface area contributed by atoms with Crippen molar-refractivity contribution in [3.8, 4) is 0 Å². The van der Waals surface area contributed by atoms with Gasteiger partial charge >= 0.3 is 12.0 Å². The van der Waals surface area contributed by atoms with Crippen LogP contribution in [0.5, 0.6) is 0 Å². The summed E-state index contributed by atoms with van der Waals surface area (Å²) in [5.41, 5.74) is 0.439. The monoisotopic (exact) mass is 335 g/mol. The van der Waals surface area contributed by atoms with Crippen LogP contribution in [0.4, 0.5) is 9.18 Å². The van der Waals surface area contributed by atoms with Crippen LogP contribution in [0.2, 0.25) is 0 Å². The maximum absolute atomic E-state index is 13.6. The van der Waals surface area contributed by atoms with E-state index in [2.05, 4.69) is 10.6 Å². The quantitative estimate of drug-likeness (QED) is 0.783. The fourth-order valence-corrected chi connectivity index (χ4v) is 3.58. The summed E-state index contributed by atoms with van der Waals surface area (Å²) in [5.74, 6) is -1.14. The average Bonchev–Trinajstić information content (AvgIpc) is 2.99. The molecule has 0 bridgehead atoms. The van der Waals surface area contributed by atoms with E-state index in [1.807, 2.05) is 0 Å². The lowest BCUT2D eigenvalue weighted by Gasteiger charge is -2.38. The Hall–Kier alpha value is -2.15. The van der Waals surface area contributed by atoms with Crippen LogP contribution in [0.1, 0.15) is 24.8 Å². The van der Waals surface area contributed by atoms with E-state index >= 15 is 0 Å². The molecule has 1 aromatic rings. The molecule has 2 amide bonds. The molecular weight excluding hydrogens is 313 g/mol. The second-order valence-electron chi connectivity index (χ2n) is 6.71. The van der Waals surface area contributed by atoms with E-state index in [4.69, 9.17) is 5.11 Å². The highest BCUT2D eigenvalue weighted by Gasteiger charge is 2.44. The highest BCUT2D eigenvalue weighted by Crippen LogP contribution is 2.39. The zero-order valence-electron chi connectivity index (χ0n) is 13.4. The molecule has 1 aromatic carbocycles. The molecule has 0 saturated carbocycles. The number of urea groups is 1. The summed E-state index contributed by atoms with van der Waals surface area (Å²) < 4.78 is 13.6. The number of benzene rings is 1. The van der Waals surface area contributed by atoms with E-state index in [0.717, 1.165) is 12.8 Å². The number of hydrogen-bond donors (Lipinski definition) is 3. The number of nitrogens with zero attached hydrogens (tertiary/aromatic N) is 1. The molecule has 2 aliphatic rings. The van der Waals surface area contributed by atoms with E-state index in [1.54, 1.807) is 23.1 Å². The van der Waals surface area contributed by atoms with E-state index in [1.165, 1.54) is 6.07 Å². The second-order valence-corrected chi connectivity index (χ2v) is 6.71. The van der Waals surface area contributed by atoms with Crippen LogP contribution in [0, 0.1) is 11.2 Å². The van der Waals surface area contributed by atoms with Crippen molar-refractivity contribution in [1.29, 1.82) is 0 Å². The van der Waals surface area contributed by atoms with Crippen LogP contribution < -0.4 is 10.6 Å². The highest BCUT2D eigenvalue weighted by molar-refractivity contribution is 5.75. The largest absolute Gasteiger partial charge is 0.480 e. The van der Waals surface area contributed by atoms with Crippen LogP contribution in [0.3, 0.4) is 0 Å². The van der Waals surface area contributed by atoms with Crippen molar-refractivity contribution < 1.29 is 19.1 Å². The van der Waals surface area contributed by atoms with Crippen molar-refractivity contribution >= 4 is 12.0 Å². The van der Waals surface area contributed by atoms with Gasteiger partial charge in [-0.25, -0.2) is 9.18 Å². The molecule has 3 rings (SSSR count). The number of hydrogen-bond acceptors (Lipinski definition) is 3. The zero-order valence-corrected chi connectivity index (χ0v) is 13.4. The maximum atomic E-state index is 13.6. The molecule has 7 heteroatoms. The third-order valence-corrected chi connectivity index (χ3v) is 5.16. The summed E-state index contributed by atoms with van der Waals surface area (Å²) in [6.07, 6.45) is 2.20. The van der Waals surface area contributed by atoms with Crippen molar-refractivity contribution in [3.05, 3.63) is 35.6 Å². The smallest absolute Gasteiger partial charge is 0.320 e. The minimum atomic E-state index is -0.808. The SMILES string of the molecule is O=C(O)[C@H]1CC2(CCN(C(=O)NCc3ccccc3F)CC2)CN1. The Kier molecular flexibility index (Phi) is 4.71. The molecule has 6 nitrogen and oxygen atoms in total. The third kappa shape index (κ3) is 3.51. The number of carboxylic acid groups (broad SMARTS) is 1. The Labute approximate surface area is 140 Å². The lowest BCUT2D eigenvalue weighted by Crippen LogP contribution is -2.47. The van der Waals surface area contributed by atoms with Crippen molar-refractivity contribution in [1.82, 2.24) is 15.5 Å². The van der Waals surface area contributed by atoms with Crippen LogP contribution >= 0.6 is 0 Å². The van der Waals surface area contributed by atoms with Gasteiger partial charge in [0.1, 0.15) is 11.9 Å². The molecule has 2 aliphatic heterocycles. The molecule has 2 heterocycles. The van der Waals surface area contributed by atoms with Crippen molar-refractivity contribution in [2.75, 3.05) is 19.6 Å². The molecule has 0 unspecified atom stereocenters. The zero-order chi connectivity index (χ0) is 17.2. The van der Waals surface area contributed by atoms with E-state index in [9.17, 15) is 14.0 Å². The number of aliphatic carboxylic acids is 1. The normalized spacial score (nSPS) is 22.5. The summed E-state index contributed by atoms with van der Waals surface area (Å²) in [6.45, 7) is 2.04. The van der Waals surface area contributed by atoms with Gasteiger partial charge in [-0.1, -0.05) is 18.2 Å². The Morgan fingerprint density at radius 1 is 1.33 bits per heavy atom. The molecule has 0 aliphatic carbocycles. The van der Waals surface area contributed by atoms with Crippen molar-refractivity contribution in [2.24, 2.45) is 5.41 Å². The van der Waals surface area contributed by atoms with Gasteiger partial charge in [0.15, 0.2) is 0 Å². The molecule has 3 N–H and O–H groups in total. The number of nitrogens with one attached hydrogen (secondary N) is 2. The lowest BCUT2D eigenvalue weighted by molar-refractivity contribution is -0.139. The molecule has 2 fully saturated rings. The number of rotatable bonds is 3. The van der Waals surface area contributed by atoms with E-state index in [0.29, 0.717) is 31.6 Å². The van der Waals surface area contributed by atoms with Gasteiger partial charge in [0, 0.05) is 31.7 Å². The summed E-state index contributed by atoms with van der Waals surface area (Å²) in [7, 11) is 0. The molecule has 0 radical (unpaired) electrons. The number of piperidine rings is 1. The Morgan fingerprint density at radius 2 is 2.04 bits per heavy atom. The number of amides is 2. The number of carboxylic acids is 1. The first-order valence-corrected chi connectivity index (χ1v) is 8.21. The Balaban J connectivity index is 1.49. The lowest BCUT2D eigenvalue weighted by atomic mass is 9.76. The average molecular weight is 335 g/mol. The summed E-state index contributed by atoms with van der Waals surface area (Å²) >= 11 is 0. The fraction of sp³-hybridized carbons (Fsp3) is 0.529. The van der Waals surface area contributed by atoms with Crippen molar-refractivity contribution in [2.45, 2.75) is 31.8 Å². The molecule has 130 valence electrons. The predicted octanol–water partition coefficient (Wildman–Crippen LogP) is 1.56. The summed E-state index contributed by atoms with van der Waals surface area (Å²) in [5, 5.41) is 14.9. The van der Waals surface area contributed by atoms with Crippen LogP contribution in [0.25, 0.3) is 0 Å². The second kappa shape index (κ2) is 6.76. The third-order valence-electron chi connectivity index (χ3n) is 5.16. The first kappa shape index (κ1) is 16.7. The Bertz CT molecular complexity index is 629. The standard InChI is InChI=1S/C17H22FN3O3/c18-13-4-2-1-3-12(13)10-19-16(24)21-7-5-17(6-8-21)9-14(15(22)23)20-11-17/h1-4,14,20H,5-11H2,(H,19,24)(H,22,23)/t14-/m1/s1. The fourth-order valence-electron chi connectivity index (χ4n) is 3.58. The molecule has 24 heavy (non-hydrogen) atoms. The van der Waals surface area contributed by atoms with Gasteiger partial charge in [-0.2, -0.15) is 0 Å². The van der Waals surface area contributed by atoms with Crippen LogP contribution in [-0.4, -0.2) is 47.7 Å². The van der Waals surface area contributed by atoms with Crippen LogP contribution in [-0.2, 0) is 11.3 Å².